The van der Waals surface area contributed by atoms with Gasteiger partial charge in [-0.25, -0.2) is 0 Å². The second kappa shape index (κ2) is 5.21. The molecular formula is C18H16N4O. The van der Waals surface area contributed by atoms with Gasteiger partial charge in [0.25, 0.3) is 0 Å². The van der Waals surface area contributed by atoms with E-state index in [1.165, 1.54) is 0 Å². The Hall–Kier alpha value is -3.21. The molecule has 114 valence electrons. The standard InChI is InChI=1S/C18H16N4O/c1-23-15-5-2-12(3-6-15)16-11-18(21-20-16)22-9-8-13-10-14(19)4-7-17(13)22/h2-11H,19H2,1H3,(H,20,21). The molecule has 0 fully saturated rings. The summed E-state index contributed by atoms with van der Waals surface area (Å²) in [6.07, 6.45) is 2.00. The number of nitrogens with one attached hydrogen (secondary N) is 1. The van der Waals surface area contributed by atoms with Crippen molar-refractivity contribution in [3.8, 4) is 22.8 Å². The number of nitrogens with zero attached hydrogens (tertiary/aromatic N) is 2. The summed E-state index contributed by atoms with van der Waals surface area (Å²) in [5, 5.41) is 8.61. The number of aromatic nitrogens is 3. The van der Waals surface area contributed by atoms with Gasteiger partial charge in [-0.3, -0.25) is 9.67 Å². The highest BCUT2D eigenvalue weighted by Gasteiger charge is 2.08. The van der Waals surface area contributed by atoms with Gasteiger partial charge in [0.1, 0.15) is 5.75 Å². The molecule has 0 aliphatic heterocycles. The molecule has 4 rings (SSSR count). The Morgan fingerprint density at radius 2 is 1.87 bits per heavy atom. The maximum atomic E-state index is 5.83. The zero-order valence-electron chi connectivity index (χ0n) is 12.7. The van der Waals surface area contributed by atoms with Crippen molar-refractivity contribution in [3.63, 3.8) is 0 Å². The largest absolute Gasteiger partial charge is 0.497 e. The van der Waals surface area contributed by atoms with Crippen molar-refractivity contribution >= 4 is 16.6 Å². The normalized spacial score (nSPS) is 11.0. The van der Waals surface area contributed by atoms with Crippen molar-refractivity contribution in [1.82, 2.24) is 14.8 Å². The SMILES string of the molecule is COc1ccc(-c2cc(-n3ccc4cc(N)ccc43)n[nH]2)cc1. The molecule has 3 N–H and O–H groups in total. The molecule has 2 heterocycles. The average Bonchev–Trinajstić information content (AvgIpc) is 3.21. The van der Waals surface area contributed by atoms with Gasteiger partial charge in [0.15, 0.2) is 5.82 Å². The summed E-state index contributed by atoms with van der Waals surface area (Å²) in [5.41, 5.74) is 9.69. The molecule has 0 aliphatic rings. The summed E-state index contributed by atoms with van der Waals surface area (Å²) in [6, 6.07) is 17.8. The lowest BCUT2D eigenvalue weighted by atomic mass is 10.1. The third-order valence-corrected chi connectivity index (χ3v) is 3.93. The second-order valence-electron chi connectivity index (χ2n) is 5.37. The number of hydrogen-bond acceptors (Lipinski definition) is 3. The quantitative estimate of drug-likeness (QED) is 0.568. The maximum Gasteiger partial charge on any atom is 0.159 e. The van der Waals surface area contributed by atoms with Crippen LogP contribution in [0.4, 0.5) is 5.69 Å². The van der Waals surface area contributed by atoms with Gasteiger partial charge >= 0.3 is 0 Å². The average molecular weight is 304 g/mol. The molecule has 0 amide bonds. The monoisotopic (exact) mass is 304 g/mol. The van der Waals surface area contributed by atoms with Gasteiger partial charge in [-0.1, -0.05) is 0 Å². The van der Waals surface area contributed by atoms with Crippen LogP contribution in [0.25, 0.3) is 28.0 Å². The maximum absolute atomic E-state index is 5.83. The number of hydrogen-bond donors (Lipinski definition) is 2. The molecule has 0 saturated carbocycles. The van der Waals surface area contributed by atoms with Crippen LogP contribution in [-0.2, 0) is 0 Å². The van der Waals surface area contributed by atoms with E-state index in [0.29, 0.717) is 0 Å². The van der Waals surface area contributed by atoms with E-state index in [4.69, 9.17) is 10.5 Å². The Kier molecular flexibility index (Phi) is 3.05. The van der Waals surface area contributed by atoms with E-state index < -0.39 is 0 Å². The minimum absolute atomic E-state index is 0.760. The lowest BCUT2D eigenvalue weighted by Crippen LogP contribution is -1.92. The van der Waals surface area contributed by atoms with Crippen molar-refractivity contribution in [1.29, 1.82) is 0 Å². The number of H-pyrrole nitrogens is 1. The minimum atomic E-state index is 0.760. The number of ether oxygens (including phenoxy) is 1. The number of rotatable bonds is 3. The molecule has 0 spiro atoms. The van der Waals surface area contributed by atoms with Crippen LogP contribution >= 0.6 is 0 Å². The van der Waals surface area contributed by atoms with Gasteiger partial charge in [-0.05, 0) is 54.1 Å². The fourth-order valence-corrected chi connectivity index (χ4v) is 2.71. The van der Waals surface area contributed by atoms with Gasteiger partial charge in [0.05, 0.1) is 18.3 Å². The van der Waals surface area contributed by atoms with E-state index in [9.17, 15) is 0 Å². The minimum Gasteiger partial charge on any atom is -0.497 e. The first-order valence-electron chi connectivity index (χ1n) is 7.31. The first-order chi connectivity index (χ1) is 11.2. The van der Waals surface area contributed by atoms with Gasteiger partial charge in [0.2, 0.25) is 0 Å². The van der Waals surface area contributed by atoms with Gasteiger partial charge in [-0.2, -0.15) is 5.10 Å². The van der Waals surface area contributed by atoms with Gasteiger partial charge in [-0.15, -0.1) is 0 Å². The third-order valence-electron chi connectivity index (χ3n) is 3.93. The van der Waals surface area contributed by atoms with E-state index in [-0.39, 0.29) is 0 Å². The van der Waals surface area contributed by atoms with E-state index in [2.05, 4.69) is 10.2 Å². The van der Waals surface area contributed by atoms with E-state index in [1.54, 1.807) is 7.11 Å². The van der Waals surface area contributed by atoms with Crippen LogP contribution in [0.15, 0.2) is 60.8 Å². The van der Waals surface area contributed by atoms with Gasteiger partial charge in [0, 0.05) is 23.3 Å². The van der Waals surface area contributed by atoms with E-state index in [1.807, 2.05) is 65.4 Å². The number of aromatic amines is 1. The Morgan fingerprint density at radius 1 is 1.04 bits per heavy atom. The lowest BCUT2D eigenvalue weighted by Gasteiger charge is -2.01. The summed E-state index contributed by atoms with van der Waals surface area (Å²) in [5.74, 6) is 1.68. The molecule has 23 heavy (non-hydrogen) atoms. The number of fused-ring (bicyclic) bond motifs is 1. The number of nitrogen functional groups attached to an aromatic ring is 1. The summed E-state index contributed by atoms with van der Waals surface area (Å²) < 4.78 is 7.23. The molecular weight excluding hydrogens is 288 g/mol. The van der Waals surface area contributed by atoms with Crippen LogP contribution in [0.1, 0.15) is 0 Å². The van der Waals surface area contributed by atoms with Crippen molar-refractivity contribution in [3.05, 3.63) is 60.8 Å². The molecule has 4 aromatic rings. The van der Waals surface area contributed by atoms with Gasteiger partial charge < -0.3 is 10.5 Å². The Balaban J connectivity index is 1.74. The molecule has 0 aliphatic carbocycles. The number of benzene rings is 2. The lowest BCUT2D eigenvalue weighted by molar-refractivity contribution is 0.415. The molecule has 5 heteroatoms. The Morgan fingerprint density at radius 3 is 2.65 bits per heavy atom. The van der Waals surface area contributed by atoms with Crippen LogP contribution in [0.3, 0.4) is 0 Å². The zero-order valence-corrected chi connectivity index (χ0v) is 12.7. The predicted molar refractivity (Wildman–Crippen MR) is 91.8 cm³/mol. The zero-order chi connectivity index (χ0) is 15.8. The van der Waals surface area contributed by atoms with Crippen molar-refractivity contribution in [2.24, 2.45) is 0 Å². The first kappa shape index (κ1) is 13.5. The molecule has 5 nitrogen and oxygen atoms in total. The molecule has 2 aromatic heterocycles. The summed E-state index contributed by atoms with van der Waals surface area (Å²) in [4.78, 5) is 0. The van der Waals surface area contributed by atoms with E-state index in [0.717, 1.165) is 39.4 Å². The smallest absolute Gasteiger partial charge is 0.159 e. The fourth-order valence-electron chi connectivity index (χ4n) is 2.71. The summed E-state index contributed by atoms with van der Waals surface area (Å²) in [6.45, 7) is 0. The highest BCUT2D eigenvalue weighted by atomic mass is 16.5. The Labute approximate surface area is 133 Å². The first-order valence-corrected chi connectivity index (χ1v) is 7.31. The molecule has 0 bridgehead atoms. The molecule has 0 saturated heterocycles. The third kappa shape index (κ3) is 2.32. The van der Waals surface area contributed by atoms with Crippen LogP contribution in [0.5, 0.6) is 5.75 Å². The molecule has 0 atom stereocenters. The topological polar surface area (TPSA) is 68.9 Å². The number of anilines is 1. The van der Waals surface area contributed by atoms with Crippen LogP contribution < -0.4 is 10.5 Å². The van der Waals surface area contributed by atoms with Crippen LogP contribution in [0.2, 0.25) is 0 Å². The summed E-state index contributed by atoms with van der Waals surface area (Å²) >= 11 is 0. The van der Waals surface area contributed by atoms with E-state index >= 15 is 0 Å². The van der Waals surface area contributed by atoms with Crippen LogP contribution in [-0.4, -0.2) is 21.9 Å². The van der Waals surface area contributed by atoms with Crippen LogP contribution in [0, 0.1) is 0 Å². The predicted octanol–water partition coefficient (Wildman–Crippen LogP) is 3.61. The molecule has 2 aromatic carbocycles. The number of nitrogens with two attached hydrogens (primary N) is 1. The van der Waals surface area contributed by atoms with Crippen molar-refractivity contribution < 1.29 is 4.74 Å². The molecule has 0 radical (unpaired) electrons. The highest BCUT2D eigenvalue weighted by Crippen LogP contribution is 2.25. The Bertz CT molecular complexity index is 966. The van der Waals surface area contributed by atoms with Crippen molar-refractivity contribution in [2.75, 3.05) is 12.8 Å². The highest BCUT2D eigenvalue weighted by molar-refractivity contribution is 5.84. The number of methoxy groups -OCH3 is 1. The van der Waals surface area contributed by atoms with Crippen molar-refractivity contribution in [2.45, 2.75) is 0 Å². The fraction of sp³-hybridized carbons (Fsp3) is 0.0556. The second-order valence-corrected chi connectivity index (χ2v) is 5.37. The molecule has 0 unspecified atom stereocenters. The summed E-state index contributed by atoms with van der Waals surface area (Å²) in [7, 11) is 1.66.